The molecule has 39 heavy (non-hydrogen) atoms. The zero-order chi connectivity index (χ0) is 28.9. The van der Waals surface area contributed by atoms with E-state index in [4.69, 9.17) is 10.1 Å². The van der Waals surface area contributed by atoms with Gasteiger partial charge in [-0.2, -0.15) is 0 Å². The summed E-state index contributed by atoms with van der Waals surface area (Å²) < 4.78 is 5.60. The molecule has 0 saturated carbocycles. The van der Waals surface area contributed by atoms with E-state index in [-0.39, 0.29) is 0 Å². The number of ether oxygens (including phenoxy) is 1. The molecule has 2 aliphatic rings. The molecule has 1 aromatic carbocycles. The number of rotatable bonds is 10. The van der Waals surface area contributed by atoms with E-state index >= 15 is 0 Å². The second kappa shape index (κ2) is 16.9. The van der Waals surface area contributed by atoms with Crippen molar-refractivity contribution in [3.63, 3.8) is 0 Å². The van der Waals surface area contributed by atoms with Gasteiger partial charge >= 0.3 is 0 Å². The van der Waals surface area contributed by atoms with Crippen molar-refractivity contribution in [1.29, 1.82) is 5.41 Å². The van der Waals surface area contributed by atoms with E-state index in [1.165, 1.54) is 79.2 Å². The SMILES string of the molecule is C/C=C(\C=C(\C)C(=N)CC)C(/CCC)=C(/c1cc(C2CCN(C3CCOCC3)CC2)ccc1C)C(C)C.CN. The number of piperidine rings is 1. The Kier molecular flexibility index (Phi) is 14.4. The molecular formula is C35H57N3O. The summed E-state index contributed by atoms with van der Waals surface area (Å²) in [6, 6.07) is 8.02. The Morgan fingerprint density at radius 2 is 1.74 bits per heavy atom. The molecule has 0 atom stereocenters. The highest BCUT2D eigenvalue weighted by molar-refractivity contribution is 5.97. The second-order valence-electron chi connectivity index (χ2n) is 11.4. The van der Waals surface area contributed by atoms with E-state index in [2.05, 4.69) is 89.5 Å². The molecule has 4 heteroatoms. The molecule has 2 saturated heterocycles. The highest BCUT2D eigenvalue weighted by atomic mass is 16.5. The molecule has 0 spiro atoms. The Bertz CT molecular complexity index is 1000. The zero-order valence-corrected chi connectivity index (χ0v) is 26.3. The van der Waals surface area contributed by atoms with Crippen LogP contribution in [-0.4, -0.2) is 50.0 Å². The van der Waals surface area contributed by atoms with Gasteiger partial charge in [-0.1, -0.05) is 64.5 Å². The van der Waals surface area contributed by atoms with Crippen molar-refractivity contribution < 1.29 is 4.74 Å². The number of hydrogen-bond donors (Lipinski definition) is 2. The van der Waals surface area contributed by atoms with E-state index in [1.54, 1.807) is 0 Å². The first kappa shape index (κ1) is 33.2. The summed E-state index contributed by atoms with van der Waals surface area (Å²) in [5, 5.41) is 8.34. The summed E-state index contributed by atoms with van der Waals surface area (Å²) >= 11 is 0. The standard InChI is InChI=1S/C34H52N2O.CH5N/c1-8-11-31(27(9-2)22-26(7)33(35)10-3)34(24(4)5)32-23-29(13-12-25(32)6)28-14-18-36(19-15-28)30-16-20-37-21-17-30;1-2/h9,12-13,22-24,28,30,35H,8,10-11,14-21H2,1-7H3;2H2,1H3/b26-22-,27-9+,34-31+,35-33?;. The Morgan fingerprint density at radius 3 is 2.28 bits per heavy atom. The Balaban J connectivity index is 0.00000260. The molecule has 3 rings (SSSR count). The number of allylic oxidation sites excluding steroid dienone is 6. The van der Waals surface area contributed by atoms with Crippen LogP contribution in [0, 0.1) is 18.3 Å². The van der Waals surface area contributed by atoms with Crippen LogP contribution in [0.2, 0.25) is 0 Å². The maximum atomic E-state index is 8.34. The zero-order valence-electron chi connectivity index (χ0n) is 26.3. The highest BCUT2D eigenvalue weighted by Gasteiger charge is 2.28. The van der Waals surface area contributed by atoms with Crippen LogP contribution >= 0.6 is 0 Å². The molecule has 2 fully saturated rings. The number of nitrogens with one attached hydrogen (secondary N) is 1. The first-order valence-corrected chi connectivity index (χ1v) is 15.5. The summed E-state index contributed by atoms with van der Waals surface area (Å²) in [6.07, 6.45) is 12.4. The lowest BCUT2D eigenvalue weighted by Gasteiger charge is -2.39. The average Bonchev–Trinajstić information content (AvgIpc) is 2.97. The topological polar surface area (TPSA) is 62.3 Å². The van der Waals surface area contributed by atoms with Crippen molar-refractivity contribution in [2.24, 2.45) is 11.7 Å². The molecule has 218 valence electrons. The third-order valence-corrected chi connectivity index (χ3v) is 8.52. The molecule has 0 aliphatic carbocycles. The smallest absolute Gasteiger partial charge is 0.0480 e. The normalized spacial score (nSPS) is 19.0. The molecular weight excluding hydrogens is 478 g/mol. The fourth-order valence-corrected chi connectivity index (χ4v) is 6.28. The van der Waals surface area contributed by atoms with Gasteiger partial charge in [-0.05, 0) is 130 Å². The minimum absolute atomic E-state index is 0.431. The maximum absolute atomic E-state index is 8.34. The Hall–Kier alpha value is -2.01. The van der Waals surface area contributed by atoms with Crippen molar-refractivity contribution in [3.05, 3.63) is 63.8 Å². The summed E-state index contributed by atoms with van der Waals surface area (Å²) in [7, 11) is 1.50. The molecule has 0 aromatic heterocycles. The first-order valence-electron chi connectivity index (χ1n) is 15.5. The van der Waals surface area contributed by atoms with Gasteiger partial charge in [-0.15, -0.1) is 0 Å². The number of nitrogens with zero attached hydrogens (tertiary/aromatic N) is 1. The number of nitrogens with two attached hydrogens (primary N) is 1. The number of likely N-dealkylation sites (tertiary alicyclic amines) is 1. The molecule has 2 aliphatic heterocycles. The number of aryl methyl sites for hydroxylation is 1. The summed E-state index contributed by atoms with van der Waals surface area (Å²) in [5.41, 5.74) is 14.9. The average molecular weight is 536 g/mol. The molecule has 1 aromatic rings. The van der Waals surface area contributed by atoms with Crippen LogP contribution in [0.1, 0.15) is 109 Å². The Morgan fingerprint density at radius 1 is 1.10 bits per heavy atom. The van der Waals surface area contributed by atoms with Gasteiger partial charge in [0.2, 0.25) is 0 Å². The van der Waals surface area contributed by atoms with Crippen molar-refractivity contribution in [3.8, 4) is 0 Å². The minimum atomic E-state index is 0.431. The molecule has 0 radical (unpaired) electrons. The van der Waals surface area contributed by atoms with E-state index < -0.39 is 0 Å². The van der Waals surface area contributed by atoms with Gasteiger partial charge in [0.05, 0.1) is 0 Å². The molecule has 4 nitrogen and oxygen atoms in total. The van der Waals surface area contributed by atoms with Crippen molar-refractivity contribution >= 4 is 11.3 Å². The predicted octanol–water partition coefficient (Wildman–Crippen LogP) is 8.46. The van der Waals surface area contributed by atoms with Gasteiger partial charge in [0, 0.05) is 25.0 Å². The van der Waals surface area contributed by atoms with Crippen LogP contribution in [0.4, 0.5) is 0 Å². The quantitative estimate of drug-likeness (QED) is 0.233. The summed E-state index contributed by atoms with van der Waals surface area (Å²) in [4.78, 5) is 2.73. The number of hydrogen-bond acceptors (Lipinski definition) is 4. The molecule has 2 heterocycles. The number of benzene rings is 1. The van der Waals surface area contributed by atoms with Crippen LogP contribution < -0.4 is 5.73 Å². The van der Waals surface area contributed by atoms with E-state index in [0.717, 1.165) is 49.8 Å². The first-order chi connectivity index (χ1) is 18.8. The third-order valence-electron chi connectivity index (χ3n) is 8.52. The van der Waals surface area contributed by atoms with Crippen LogP contribution in [-0.2, 0) is 4.74 Å². The predicted molar refractivity (Wildman–Crippen MR) is 171 cm³/mol. The van der Waals surface area contributed by atoms with Gasteiger partial charge in [0.15, 0.2) is 0 Å². The van der Waals surface area contributed by atoms with Crippen LogP contribution in [0.5, 0.6) is 0 Å². The lowest BCUT2D eigenvalue weighted by atomic mass is 9.80. The lowest BCUT2D eigenvalue weighted by molar-refractivity contribution is 0.0252. The fraction of sp³-hybridized carbons (Fsp3) is 0.629. The maximum Gasteiger partial charge on any atom is 0.0480 e. The van der Waals surface area contributed by atoms with Gasteiger partial charge in [0.1, 0.15) is 0 Å². The highest BCUT2D eigenvalue weighted by Crippen LogP contribution is 2.38. The molecule has 0 bridgehead atoms. The fourth-order valence-electron chi connectivity index (χ4n) is 6.28. The summed E-state index contributed by atoms with van der Waals surface area (Å²) in [6.45, 7) is 19.9. The van der Waals surface area contributed by atoms with Crippen molar-refractivity contribution in [2.45, 2.75) is 105 Å². The minimum Gasteiger partial charge on any atom is -0.381 e. The van der Waals surface area contributed by atoms with E-state index in [1.807, 2.05) is 0 Å². The van der Waals surface area contributed by atoms with Gasteiger partial charge in [-0.3, -0.25) is 0 Å². The monoisotopic (exact) mass is 535 g/mol. The third kappa shape index (κ3) is 8.99. The second-order valence-corrected chi connectivity index (χ2v) is 11.4. The molecule has 0 amide bonds. The van der Waals surface area contributed by atoms with Gasteiger partial charge < -0.3 is 20.8 Å². The van der Waals surface area contributed by atoms with E-state index in [9.17, 15) is 0 Å². The van der Waals surface area contributed by atoms with Gasteiger partial charge in [-0.25, -0.2) is 0 Å². The van der Waals surface area contributed by atoms with Crippen molar-refractivity contribution in [1.82, 2.24) is 4.90 Å². The van der Waals surface area contributed by atoms with Gasteiger partial charge in [0.25, 0.3) is 0 Å². The lowest BCUT2D eigenvalue weighted by Crippen LogP contribution is -2.43. The largest absolute Gasteiger partial charge is 0.381 e. The van der Waals surface area contributed by atoms with Crippen LogP contribution in [0.3, 0.4) is 0 Å². The molecule has 3 N–H and O–H groups in total. The van der Waals surface area contributed by atoms with Crippen LogP contribution in [0.25, 0.3) is 5.57 Å². The molecule has 0 unspecified atom stereocenters. The van der Waals surface area contributed by atoms with Crippen molar-refractivity contribution in [2.75, 3.05) is 33.4 Å². The van der Waals surface area contributed by atoms with Crippen LogP contribution in [0.15, 0.2) is 47.1 Å². The summed E-state index contributed by atoms with van der Waals surface area (Å²) in [5.74, 6) is 1.08. The Labute approximate surface area is 240 Å². The van der Waals surface area contributed by atoms with E-state index in [0.29, 0.717) is 11.8 Å².